The molecule has 0 amide bonds. The number of anilines is 2. The molecule has 0 fully saturated rings. The minimum atomic E-state index is -0.472. The SMILES string of the molecule is CSCC(C)CNc1nc(N)ncc1F. The Balaban J connectivity index is 2.53. The fourth-order valence-electron chi connectivity index (χ4n) is 1.12. The number of halogens is 1. The first-order valence-electron chi connectivity index (χ1n) is 4.64. The third-order valence-electron chi connectivity index (χ3n) is 1.83. The Morgan fingerprint density at radius 3 is 3.07 bits per heavy atom. The monoisotopic (exact) mass is 230 g/mol. The molecule has 15 heavy (non-hydrogen) atoms. The van der Waals surface area contributed by atoms with E-state index in [1.165, 1.54) is 0 Å². The number of aromatic nitrogens is 2. The van der Waals surface area contributed by atoms with Crippen molar-refractivity contribution in [2.24, 2.45) is 5.92 Å². The molecule has 1 aromatic rings. The first-order chi connectivity index (χ1) is 7.13. The minimum Gasteiger partial charge on any atom is -0.368 e. The average Bonchev–Trinajstić information content (AvgIpc) is 2.20. The zero-order chi connectivity index (χ0) is 11.3. The number of nitrogens with one attached hydrogen (secondary N) is 1. The first kappa shape index (κ1) is 12.0. The molecule has 3 N–H and O–H groups in total. The number of nitrogens with two attached hydrogens (primary N) is 1. The van der Waals surface area contributed by atoms with Gasteiger partial charge in [-0.25, -0.2) is 9.37 Å². The summed E-state index contributed by atoms with van der Waals surface area (Å²) in [6.45, 7) is 2.76. The third kappa shape index (κ3) is 3.91. The summed E-state index contributed by atoms with van der Waals surface area (Å²) in [4.78, 5) is 7.33. The van der Waals surface area contributed by atoms with Crippen LogP contribution in [0.25, 0.3) is 0 Å². The van der Waals surface area contributed by atoms with Crippen molar-refractivity contribution in [1.82, 2.24) is 9.97 Å². The summed E-state index contributed by atoms with van der Waals surface area (Å²) in [6, 6.07) is 0. The second-order valence-corrected chi connectivity index (χ2v) is 4.28. The molecular formula is C9H15FN4S. The molecule has 1 aromatic heterocycles. The van der Waals surface area contributed by atoms with E-state index in [0.29, 0.717) is 12.5 Å². The summed E-state index contributed by atoms with van der Waals surface area (Å²) in [5.41, 5.74) is 5.36. The fraction of sp³-hybridized carbons (Fsp3) is 0.556. The van der Waals surface area contributed by atoms with E-state index in [0.717, 1.165) is 11.9 Å². The molecular weight excluding hydrogens is 215 g/mol. The zero-order valence-corrected chi connectivity index (χ0v) is 9.64. The Morgan fingerprint density at radius 1 is 1.67 bits per heavy atom. The smallest absolute Gasteiger partial charge is 0.222 e. The normalized spacial score (nSPS) is 12.5. The topological polar surface area (TPSA) is 63.8 Å². The highest BCUT2D eigenvalue weighted by molar-refractivity contribution is 7.98. The lowest BCUT2D eigenvalue weighted by Gasteiger charge is -2.11. The standard InChI is InChI=1S/C9H15FN4S/c1-6(5-15-2)3-12-8-7(10)4-13-9(11)14-8/h4,6H,3,5H2,1-2H3,(H3,11,12,13,14). The van der Waals surface area contributed by atoms with Gasteiger partial charge in [0.25, 0.3) is 0 Å². The minimum absolute atomic E-state index is 0.0800. The molecule has 0 radical (unpaired) electrons. The maximum absolute atomic E-state index is 13.2. The number of rotatable bonds is 5. The van der Waals surface area contributed by atoms with Crippen LogP contribution >= 0.6 is 11.8 Å². The maximum atomic E-state index is 13.2. The molecule has 1 unspecified atom stereocenters. The lowest BCUT2D eigenvalue weighted by Crippen LogP contribution is -2.15. The summed E-state index contributed by atoms with van der Waals surface area (Å²) in [5.74, 6) is 1.26. The number of hydrogen-bond acceptors (Lipinski definition) is 5. The zero-order valence-electron chi connectivity index (χ0n) is 8.83. The van der Waals surface area contributed by atoms with Crippen LogP contribution in [0, 0.1) is 11.7 Å². The van der Waals surface area contributed by atoms with Gasteiger partial charge in [-0.1, -0.05) is 6.92 Å². The van der Waals surface area contributed by atoms with Gasteiger partial charge in [0.1, 0.15) is 0 Å². The quantitative estimate of drug-likeness (QED) is 0.804. The van der Waals surface area contributed by atoms with E-state index >= 15 is 0 Å². The van der Waals surface area contributed by atoms with Gasteiger partial charge in [0, 0.05) is 6.54 Å². The van der Waals surface area contributed by atoms with E-state index in [4.69, 9.17) is 5.73 Å². The summed E-state index contributed by atoms with van der Waals surface area (Å²) >= 11 is 1.76. The highest BCUT2D eigenvalue weighted by Crippen LogP contribution is 2.12. The first-order valence-corrected chi connectivity index (χ1v) is 6.03. The largest absolute Gasteiger partial charge is 0.368 e. The molecule has 0 bridgehead atoms. The van der Waals surface area contributed by atoms with Crippen molar-refractivity contribution in [3.05, 3.63) is 12.0 Å². The van der Waals surface area contributed by atoms with Crippen molar-refractivity contribution in [2.75, 3.05) is 29.6 Å². The molecule has 0 aliphatic carbocycles. The molecule has 0 spiro atoms. The molecule has 1 heterocycles. The Labute approximate surface area is 92.9 Å². The highest BCUT2D eigenvalue weighted by atomic mass is 32.2. The van der Waals surface area contributed by atoms with E-state index in [1.54, 1.807) is 11.8 Å². The van der Waals surface area contributed by atoms with Gasteiger partial charge >= 0.3 is 0 Å². The molecule has 0 aliphatic heterocycles. The van der Waals surface area contributed by atoms with Crippen molar-refractivity contribution < 1.29 is 4.39 Å². The third-order valence-corrected chi connectivity index (χ3v) is 2.73. The summed E-state index contributed by atoms with van der Waals surface area (Å²) in [7, 11) is 0. The Hall–Kier alpha value is -1.04. The number of hydrogen-bond donors (Lipinski definition) is 2. The van der Waals surface area contributed by atoms with E-state index in [2.05, 4.69) is 22.2 Å². The van der Waals surface area contributed by atoms with Gasteiger partial charge < -0.3 is 11.1 Å². The van der Waals surface area contributed by atoms with Crippen LogP contribution in [-0.2, 0) is 0 Å². The number of nitrogen functional groups attached to an aromatic ring is 1. The van der Waals surface area contributed by atoms with Crippen LogP contribution in [0.4, 0.5) is 16.2 Å². The molecule has 0 saturated heterocycles. The molecule has 1 atom stereocenters. The van der Waals surface area contributed by atoms with Crippen LogP contribution in [0.15, 0.2) is 6.20 Å². The maximum Gasteiger partial charge on any atom is 0.222 e. The second-order valence-electron chi connectivity index (χ2n) is 3.37. The second kappa shape index (κ2) is 5.75. The van der Waals surface area contributed by atoms with Gasteiger partial charge in [0.2, 0.25) is 5.95 Å². The van der Waals surface area contributed by atoms with Crippen LogP contribution in [0.2, 0.25) is 0 Å². The van der Waals surface area contributed by atoms with Crippen molar-refractivity contribution in [2.45, 2.75) is 6.92 Å². The molecule has 0 aromatic carbocycles. The molecule has 6 heteroatoms. The van der Waals surface area contributed by atoms with Crippen LogP contribution in [-0.4, -0.2) is 28.5 Å². The van der Waals surface area contributed by atoms with Gasteiger partial charge in [-0.2, -0.15) is 16.7 Å². The predicted molar refractivity (Wildman–Crippen MR) is 62.4 cm³/mol. The Morgan fingerprint density at radius 2 is 2.40 bits per heavy atom. The van der Waals surface area contributed by atoms with Crippen LogP contribution in [0.5, 0.6) is 0 Å². The van der Waals surface area contributed by atoms with Crippen molar-refractivity contribution >= 4 is 23.5 Å². The summed E-state index contributed by atoms with van der Waals surface area (Å²) in [5, 5.41) is 2.92. The average molecular weight is 230 g/mol. The summed E-state index contributed by atoms with van der Waals surface area (Å²) in [6.07, 6.45) is 3.11. The lowest BCUT2D eigenvalue weighted by molar-refractivity contribution is 0.612. The number of thioether (sulfide) groups is 1. The van der Waals surface area contributed by atoms with Gasteiger partial charge in [0.05, 0.1) is 6.20 Å². The van der Waals surface area contributed by atoms with E-state index in [-0.39, 0.29) is 11.8 Å². The van der Waals surface area contributed by atoms with E-state index in [9.17, 15) is 4.39 Å². The molecule has 4 nitrogen and oxygen atoms in total. The summed E-state index contributed by atoms with van der Waals surface area (Å²) < 4.78 is 13.2. The molecule has 1 rings (SSSR count). The van der Waals surface area contributed by atoms with Crippen LogP contribution < -0.4 is 11.1 Å². The predicted octanol–water partition coefficient (Wildman–Crippen LogP) is 1.61. The van der Waals surface area contributed by atoms with Crippen LogP contribution in [0.3, 0.4) is 0 Å². The van der Waals surface area contributed by atoms with Gasteiger partial charge in [0.15, 0.2) is 11.6 Å². The molecule has 0 aliphatic rings. The molecule has 84 valence electrons. The van der Waals surface area contributed by atoms with E-state index in [1.807, 2.05) is 6.26 Å². The van der Waals surface area contributed by atoms with Crippen molar-refractivity contribution in [3.63, 3.8) is 0 Å². The van der Waals surface area contributed by atoms with Gasteiger partial charge in [-0.15, -0.1) is 0 Å². The highest BCUT2D eigenvalue weighted by Gasteiger charge is 2.06. The van der Waals surface area contributed by atoms with Crippen LogP contribution in [0.1, 0.15) is 6.92 Å². The van der Waals surface area contributed by atoms with Crippen molar-refractivity contribution in [3.8, 4) is 0 Å². The number of nitrogens with zero attached hydrogens (tertiary/aromatic N) is 2. The van der Waals surface area contributed by atoms with Crippen molar-refractivity contribution in [1.29, 1.82) is 0 Å². The Kier molecular flexibility index (Phi) is 4.61. The fourth-order valence-corrected chi connectivity index (χ4v) is 1.81. The van der Waals surface area contributed by atoms with Gasteiger partial charge in [-0.3, -0.25) is 0 Å². The molecule has 0 saturated carbocycles. The Bertz CT molecular complexity index is 321. The lowest BCUT2D eigenvalue weighted by atomic mass is 10.2. The van der Waals surface area contributed by atoms with Gasteiger partial charge in [-0.05, 0) is 17.9 Å². The van der Waals surface area contributed by atoms with E-state index < -0.39 is 5.82 Å².